The number of nitrogens with zero attached hydrogens (tertiary/aromatic N) is 3. The molecule has 0 atom stereocenters. The van der Waals surface area contributed by atoms with Gasteiger partial charge < -0.3 is 10.6 Å². The van der Waals surface area contributed by atoms with E-state index >= 15 is 0 Å². The molecule has 0 aliphatic rings. The molecule has 0 saturated heterocycles. The van der Waals surface area contributed by atoms with Crippen LogP contribution in [0.3, 0.4) is 0 Å². The Balaban J connectivity index is 1.69. The normalized spacial score (nSPS) is 10.3. The van der Waals surface area contributed by atoms with E-state index in [2.05, 4.69) is 31.7 Å². The predicted molar refractivity (Wildman–Crippen MR) is 96.6 cm³/mol. The number of aryl methyl sites for hydroxylation is 2. The van der Waals surface area contributed by atoms with Crippen molar-refractivity contribution in [1.82, 2.24) is 20.3 Å². The van der Waals surface area contributed by atoms with E-state index in [1.165, 1.54) is 11.9 Å². The summed E-state index contributed by atoms with van der Waals surface area (Å²) in [4.78, 5) is 24.7. The van der Waals surface area contributed by atoms with Crippen molar-refractivity contribution in [2.75, 3.05) is 5.32 Å². The summed E-state index contributed by atoms with van der Waals surface area (Å²) >= 11 is 0. The SMILES string of the molecule is Cc1ccc(Nc2cc(C(=O)NCc3ccccn3)ncn2)c(C)c1. The first-order valence-electron chi connectivity index (χ1n) is 7.96. The zero-order valence-electron chi connectivity index (χ0n) is 14.2. The minimum absolute atomic E-state index is 0.267. The molecular formula is C19H19N5O. The van der Waals surface area contributed by atoms with Crippen molar-refractivity contribution in [3.05, 3.63) is 77.5 Å². The van der Waals surface area contributed by atoms with Gasteiger partial charge in [0.25, 0.3) is 5.91 Å². The number of nitrogens with one attached hydrogen (secondary N) is 2. The molecule has 3 aromatic rings. The number of pyridine rings is 1. The second-order valence-electron chi connectivity index (χ2n) is 5.74. The van der Waals surface area contributed by atoms with Crippen molar-refractivity contribution in [3.63, 3.8) is 0 Å². The zero-order valence-corrected chi connectivity index (χ0v) is 14.2. The summed E-state index contributed by atoms with van der Waals surface area (Å²) in [5.74, 6) is 0.307. The molecule has 0 unspecified atom stereocenters. The Bertz CT molecular complexity index is 880. The third-order valence-electron chi connectivity index (χ3n) is 3.70. The highest BCUT2D eigenvalue weighted by atomic mass is 16.1. The lowest BCUT2D eigenvalue weighted by atomic mass is 10.1. The number of hydrogen-bond donors (Lipinski definition) is 2. The lowest BCUT2D eigenvalue weighted by Gasteiger charge is -2.10. The number of hydrogen-bond acceptors (Lipinski definition) is 5. The summed E-state index contributed by atoms with van der Waals surface area (Å²) in [6.45, 7) is 4.42. The van der Waals surface area contributed by atoms with Crippen LogP contribution in [-0.2, 0) is 6.54 Å². The fraction of sp³-hybridized carbons (Fsp3) is 0.158. The van der Waals surface area contributed by atoms with E-state index < -0.39 is 0 Å². The van der Waals surface area contributed by atoms with E-state index in [0.717, 1.165) is 16.9 Å². The molecule has 2 aromatic heterocycles. The first-order valence-corrected chi connectivity index (χ1v) is 7.96. The van der Waals surface area contributed by atoms with E-state index in [9.17, 15) is 4.79 Å². The molecule has 0 fully saturated rings. The van der Waals surface area contributed by atoms with Gasteiger partial charge in [-0.2, -0.15) is 0 Å². The fourth-order valence-electron chi connectivity index (χ4n) is 2.41. The molecule has 0 aliphatic heterocycles. The number of aromatic nitrogens is 3. The van der Waals surface area contributed by atoms with Crippen LogP contribution < -0.4 is 10.6 Å². The summed E-state index contributed by atoms with van der Waals surface area (Å²) in [5, 5.41) is 6.03. The Morgan fingerprint density at radius 1 is 1.04 bits per heavy atom. The lowest BCUT2D eigenvalue weighted by molar-refractivity contribution is 0.0945. The predicted octanol–water partition coefficient (Wildman–Crippen LogP) is 3.16. The van der Waals surface area contributed by atoms with Crippen LogP contribution in [0.25, 0.3) is 0 Å². The summed E-state index contributed by atoms with van der Waals surface area (Å²) < 4.78 is 0. The molecule has 3 rings (SSSR count). The first-order chi connectivity index (χ1) is 12.1. The third-order valence-corrected chi connectivity index (χ3v) is 3.70. The monoisotopic (exact) mass is 333 g/mol. The van der Waals surface area contributed by atoms with Crippen molar-refractivity contribution in [1.29, 1.82) is 0 Å². The van der Waals surface area contributed by atoms with Gasteiger partial charge in [-0.15, -0.1) is 0 Å². The van der Waals surface area contributed by atoms with E-state index in [0.29, 0.717) is 18.1 Å². The fourth-order valence-corrected chi connectivity index (χ4v) is 2.41. The molecule has 2 N–H and O–H groups in total. The maximum atomic E-state index is 12.3. The maximum absolute atomic E-state index is 12.3. The first kappa shape index (κ1) is 16.6. The Hall–Kier alpha value is -3.28. The van der Waals surface area contributed by atoms with Gasteiger partial charge in [0.1, 0.15) is 17.8 Å². The molecule has 0 spiro atoms. The number of carbonyl (C=O) groups is 1. The van der Waals surface area contributed by atoms with Gasteiger partial charge in [0, 0.05) is 18.0 Å². The zero-order chi connectivity index (χ0) is 17.6. The number of amides is 1. The second kappa shape index (κ2) is 7.53. The molecule has 6 heteroatoms. The van der Waals surface area contributed by atoms with Crippen LogP contribution in [0.4, 0.5) is 11.5 Å². The Kier molecular flexibility index (Phi) is 4.99. The number of rotatable bonds is 5. The van der Waals surface area contributed by atoms with Gasteiger partial charge >= 0.3 is 0 Å². The number of carbonyl (C=O) groups excluding carboxylic acids is 1. The second-order valence-corrected chi connectivity index (χ2v) is 5.74. The maximum Gasteiger partial charge on any atom is 0.270 e. The van der Waals surface area contributed by atoms with Gasteiger partial charge in [0.15, 0.2) is 0 Å². The van der Waals surface area contributed by atoms with Gasteiger partial charge in [-0.1, -0.05) is 23.8 Å². The quantitative estimate of drug-likeness (QED) is 0.750. The van der Waals surface area contributed by atoms with Crippen molar-refractivity contribution in [3.8, 4) is 0 Å². The lowest BCUT2D eigenvalue weighted by Crippen LogP contribution is -2.24. The van der Waals surface area contributed by atoms with E-state index in [1.807, 2.05) is 44.2 Å². The average molecular weight is 333 g/mol. The van der Waals surface area contributed by atoms with Crippen molar-refractivity contribution in [2.45, 2.75) is 20.4 Å². The van der Waals surface area contributed by atoms with Crippen LogP contribution in [0.15, 0.2) is 55.0 Å². The molecular weight excluding hydrogens is 314 g/mol. The summed E-state index contributed by atoms with van der Waals surface area (Å²) in [7, 11) is 0. The topological polar surface area (TPSA) is 79.8 Å². The summed E-state index contributed by atoms with van der Waals surface area (Å²) in [5.41, 5.74) is 4.35. The molecule has 126 valence electrons. The molecule has 0 aliphatic carbocycles. The standard InChI is InChI=1S/C19H19N5O/c1-13-6-7-16(14(2)9-13)24-18-10-17(22-12-23-18)19(25)21-11-15-5-3-4-8-20-15/h3-10,12H,11H2,1-2H3,(H,21,25)(H,22,23,24). The van der Waals surface area contributed by atoms with Gasteiger partial charge in [0.05, 0.1) is 12.2 Å². The summed E-state index contributed by atoms with van der Waals surface area (Å²) in [6, 6.07) is 13.3. The Morgan fingerprint density at radius 3 is 2.68 bits per heavy atom. The third kappa shape index (κ3) is 4.38. The van der Waals surface area contributed by atoms with Gasteiger partial charge in [-0.3, -0.25) is 9.78 Å². The molecule has 1 amide bonds. The van der Waals surface area contributed by atoms with Gasteiger partial charge in [-0.05, 0) is 37.6 Å². The van der Waals surface area contributed by atoms with Crippen LogP contribution in [0.2, 0.25) is 0 Å². The highest BCUT2D eigenvalue weighted by Gasteiger charge is 2.09. The van der Waals surface area contributed by atoms with E-state index in [-0.39, 0.29) is 5.91 Å². The molecule has 2 heterocycles. The van der Waals surface area contributed by atoms with Crippen LogP contribution in [0.5, 0.6) is 0 Å². The highest BCUT2D eigenvalue weighted by Crippen LogP contribution is 2.20. The molecule has 25 heavy (non-hydrogen) atoms. The minimum Gasteiger partial charge on any atom is -0.345 e. The minimum atomic E-state index is -0.267. The number of anilines is 2. The molecule has 6 nitrogen and oxygen atoms in total. The largest absolute Gasteiger partial charge is 0.345 e. The summed E-state index contributed by atoms with van der Waals surface area (Å²) in [6.07, 6.45) is 3.07. The number of benzene rings is 1. The van der Waals surface area contributed by atoms with Crippen molar-refractivity contribution < 1.29 is 4.79 Å². The Labute approximate surface area is 146 Å². The molecule has 0 radical (unpaired) electrons. The smallest absolute Gasteiger partial charge is 0.270 e. The van der Waals surface area contributed by atoms with E-state index in [1.54, 1.807) is 12.3 Å². The van der Waals surface area contributed by atoms with Crippen LogP contribution in [0, 0.1) is 13.8 Å². The van der Waals surface area contributed by atoms with Crippen LogP contribution in [-0.4, -0.2) is 20.9 Å². The molecule has 0 bridgehead atoms. The van der Waals surface area contributed by atoms with Crippen molar-refractivity contribution >= 4 is 17.4 Å². The molecule has 1 aromatic carbocycles. The highest BCUT2D eigenvalue weighted by molar-refractivity contribution is 5.92. The molecule has 0 saturated carbocycles. The average Bonchev–Trinajstić information content (AvgIpc) is 2.63. The van der Waals surface area contributed by atoms with E-state index in [4.69, 9.17) is 0 Å². The van der Waals surface area contributed by atoms with Crippen LogP contribution >= 0.6 is 0 Å². The van der Waals surface area contributed by atoms with Gasteiger partial charge in [0.2, 0.25) is 0 Å². The van der Waals surface area contributed by atoms with Gasteiger partial charge in [-0.25, -0.2) is 9.97 Å². The van der Waals surface area contributed by atoms with Crippen molar-refractivity contribution in [2.24, 2.45) is 0 Å². The van der Waals surface area contributed by atoms with Crippen LogP contribution in [0.1, 0.15) is 27.3 Å². The Morgan fingerprint density at radius 2 is 1.92 bits per heavy atom.